The second-order valence-electron chi connectivity index (χ2n) is 1.000. The van der Waals surface area contributed by atoms with E-state index in [1.165, 1.54) is 12.8 Å². The van der Waals surface area contributed by atoms with Crippen molar-refractivity contribution in [3.63, 3.8) is 0 Å². The Hall–Kier alpha value is 0.519. The maximum absolute atomic E-state index is 2.18. The van der Waals surface area contributed by atoms with Crippen molar-refractivity contribution in [3.05, 3.63) is 0 Å². The summed E-state index contributed by atoms with van der Waals surface area (Å²) in [6, 6.07) is 0. The van der Waals surface area contributed by atoms with Crippen LogP contribution in [0.15, 0.2) is 0 Å². The topological polar surface area (TPSA) is 0 Å². The van der Waals surface area contributed by atoms with Crippen LogP contribution in [0.1, 0.15) is 26.7 Å². The third kappa shape index (κ3) is 12.4. The number of rotatable bonds is 1. The first kappa shape index (κ1) is 9.10. The van der Waals surface area contributed by atoms with Crippen molar-refractivity contribution < 1.29 is 17.1 Å². The molecule has 0 aliphatic heterocycles. The smallest absolute Gasteiger partial charge is 0 e. The molecule has 0 aromatic heterocycles. The fourth-order valence-corrected chi connectivity index (χ4v) is 0. The quantitative estimate of drug-likeness (QED) is 0.456. The van der Waals surface area contributed by atoms with Crippen molar-refractivity contribution in [3.8, 4) is 0 Å². The zero-order valence-corrected chi connectivity index (χ0v) is 4.87. The molecule has 0 amide bonds. The largest absolute Gasteiger partial charge is 0.0654 e. The third-order valence-electron chi connectivity index (χ3n) is 0.500. The van der Waals surface area contributed by atoms with Gasteiger partial charge in [0, 0.05) is 17.1 Å². The summed E-state index contributed by atoms with van der Waals surface area (Å²) >= 11 is 0. The summed E-state index contributed by atoms with van der Waals surface area (Å²) in [6.45, 7) is 4.36. The molecule has 0 aromatic carbocycles. The zero-order chi connectivity index (χ0) is 3.41. The van der Waals surface area contributed by atoms with Gasteiger partial charge >= 0.3 is 0 Å². The minimum Gasteiger partial charge on any atom is -0.0654 e. The summed E-state index contributed by atoms with van der Waals surface area (Å²) in [4.78, 5) is 0. The molecule has 0 saturated carbocycles. The molecule has 0 radical (unpaired) electrons. The van der Waals surface area contributed by atoms with E-state index in [4.69, 9.17) is 0 Å². The van der Waals surface area contributed by atoms with Gasteiger partial charge in [0.2, 0.25) is 0 Å². The Morgan fingerprint density at radius 1 is 1.00 bits per heavy atom. The Morgan fingerprint density at radius 3 is 1.20 bits per heavy atom. The predicted octanol–water partition coefficient (Wildman–Crippen LogP) is 1.80. The molecule has 0 rings (SSSR count). The van der Waals surface area contributed by atoms with Crippen LogP contribution in [0.2, 0.25) is 0 Å². The van der Waals surface area contributed by atoms with Gasteiger partial charge in [0.15, 0.2) is 0 Å². The SMILES string of the molecule is CCCC.[Fe]. The van der Waals surface area contributed by atoms with Crippen molar-refractivity contribution in [2.75, 3.05) is 0 Å². The minimum absolute atomic E-state index is 0. The van der Waals surface area contributed by atoms with Gasteiger partial charge in [0.05, 0.1) is 0 Å². The van der Waals surface area contributed by atoms with E-state index in [0.717, 1.165) is 0 Å². The number of hydrogen-bond donors (Lipinski definition) is 0. The van der Waals surface area contributed by atoms with E-state index in [1.807, 2.05) is 0 Å². The fraction of sp³-hybridized carbons (Fsp3) is 1.00. The first-order chi connectivity index (χ1) is 1.91. The third-order valence-corrected chi connectivity index (χ3v) is 0.500. The Balaban J connectivity index is 0. The Morgan fingerprint density at radius 2 is 1.20 bits per heavy atom. The van der Waals surface area contributed by atoms with Gasteiger partial charge in [-0.15, -0.1) is 0 Å². The average Bonchev–Trinajstić information content (AvgIpc) is 1.37. The molecule has 0 fully saturated rings. The second-order valence-corrected chi connectivity index (χ2v) is 1.000. The molecule has 0 spiro atoms. The Labute approximate surface area is 44.4 Å². The van der Waals surface area contributed by atoms with Crippen LogP contribution >= 0.6 is 0 Å². The molecule has 5 heavy (non-hydrogen) atoms. The average molecular weight is 114 g/mol. The van der Waals surface area contributed by atoms with Gasteiger partial charge in [-0.3, -0.25) is 0 Å². The monoisotopic (exact) mass is 114 g/mol. The summed E-state index contributed by atoms with van der Waals surface area (Å²) in [7, 11) is 0. The molecule has 0 bridgehead atoms. The molecule has 0 aliphatic carbocycles. The molecule has 0 nitrogen and oxygen atoms in total. The molecule has 0 aliphatic rings. The normalized spacial score (nSPS) is 6.00. The van der Waals surface area contributed by atoms with Gasteiger partial charge in [0.25, 0.3) is 0 Å². The number of unbranched alkanes of at least 4 members (excludes halogenated alkanes) is 1. The van der Waals surface area contributed by atoms with E-state index in [9.17, 15) is 0 Å². The van der Waals surface area contributed by atoms with Gasteiger partial charge in [0.1, 0.15) is 0 Å². The number of hydrogen-bond acceptors (Lipinski definition) is 0. The summed E-state index contributed by atoms with van der Waals surface area (Å²) in [5.74, 6) is 0. The summed E-state index contributed by atoms with van der Waals surface area (Å²) in [6.07, 6.45) is 2.64. The fourth-order valence-electron chi connectivity index (χ4n) is 0. The molecule has 0 unspecified atom stereocenters. The van der Waals surface area contributed by atoms with Crippen LogP contribution in [0.5, 0.6) is 0 Å². The molecule has 0 N–H and O–H groups in total. The van der Waals surface area contributed by atoms with E-state index in [-0.39, 0.29) is 17.1 Å². The van der Waals surface area contributed by atoms with Crippen LogP contribution in [0.25, 0.3) is 0 Å². The maximum atomic E-state index is 2.18. The summed E-state index contributed by atoms with van der Waals surface area (Å²) in [5, 5.41) is 0. The molecular weight excluding hydrogens is 104 g/mol. The van der Waals surface area contributed by atoms with Gasteiger partial charge < -0.3 is 0 Å². The first-order valence-corrected chi connectivity index (χ1v) is 1.91. The van der Waals surface area contributed by atoms with E-state index in [1.54, 1.807) is 0 Å². The van der Waals surface area contributed by atoms with Crippen molar-refractivity contribution in [2.24, 2.45) is 0 Å². The summed E-state index contributed by atoms with van der Waals surface area (Å²) < 4.78 is 0. The van der Waals surface area contributed by atoms with Crippen molar-refractivity contribution >= 4 is 0 Å². The molecule has 0 heterocycles. The van der Waals surface area contributed by atoms with E-state index in [2.05, 4.69) is 13.8 Å². The molecule has 0 aromatic rings. The molecule has 0 atom stereocenters. The van der Waals surface area contributed by atoms with Crippen LogP contribution < -0.4 is 0 Å². The van der Waals surface area contributed by atoms with Crippen LogP contribution in [0, 0.1) is 0 Å². The predicted molar refractivity (Wildman–Crippen MR) is 20.6 cm³/mol. The maximum Gasteiger partial charge on any atom is 0 e. The van der Waals surface area contributed by atoms with Crippen LogP contribution in [0.3, 0.4) is 0 Å². The standard InChI is InChI=1S/C4H10.Fe/c1-3-4-2;/h3-4H2,1-2H3;. The van der Waals surface area contributed by atoms with E-state index >= 15 is 0 Å². The van der Waals surface area contributed by atoms with Gasteiger partial charge in [-0.2, -0.15) is 0 Å². The minimum atomic E-state index is 0. The summed E-state index contributed by atoms with van der Waals surface area (Å²) in [5.41, 5.74) is 0. The first-order valence-electron chi connectivity index (χ1n) is 1.91. The van der Waals surface area contributed by atoms with Crippen LogP contribution in [-0.2, 0) is 17.1 Å². The van der Waals surface area contributed by atoms with Crippen LogP contribution in [0.4, 0.5) is 0 Å². The van der Waals surface area contributed by atoms with E-state index in [0.29, 0.717) is 0 Å². The zero-order valence-electron chi connectivity index (χ0n) is 3.77. The molecule has 34 valence electrons. The Kier molecular flexibility index (Phi) is 16.1. The van der Waals surface area contributed by atoms with Crippen molar-refractivity contribution in [2.45, 2.75) is 26.7 Å². The van der Waals surface area contributed by atoms with Crippen LogP contribution in [-0.4, -0.2) is 0 Å². The van der Waals surface area contributed by atoms with Crippen molar-refractivity contribution in [1.82, 2.24) is 0 Å². The Bertz CT molecular complexity index is 5.61. The molecule has 0 saturated heterocycles. The van der Waals surface area contributed by atoms with Gasteiger partial charge in [-0.05, 0) is 0 Å². The van der Waals surface area contributed by atoms with E-state index < -0.39 is 0 Å². The molecular formula is C4H10Fe. The van der Waals surface area contributed by atoms with Crippen molar-refractivity contribution in [1.29, 1.82) is 0 Å². The van der Waals surface area contributed by atoms with Gasteiger partial charge in [-0.1, -0.05) is 26.7 Å². The second kappa shape index (κ2) is 8.82. The molecule has 1 heteroatoms. The van der Waals surface area contributed by atoms with Gasteiger partial charge in [-0.25, -0.2) is 0 Å².